The molecule has 0 aliphatic heterocycles. The lowest BCUT2D eigenvalue weighted by Gasteiger charge is -2.35. The van der Waals surface area contributed by atoms with E-state index in [4.69, 9.17) is 0 Å². The summed E-state index contributed by atoms with van der Waals surface area (Å²) in [6, 6.07) is 16.6. The first kappa shape index (κ1) is 13.2. The minimum absolute atomic E-state index is 0.509. The van der Waals surface area contributed by atoms with E-state index in [1.165, 1.54) is 27.9 Å². The van der Waals surface area contributed by atoms with Crippen LogP contribution in [0, 0.1) is 0 Å². The maximum atomic E-state index is 2.53. The van der Waals surface area contributed by atoms with Gasteiger partial charge in [-0.15, -0.1) is 0 Å². The molecule has 1 aliphatic carbocycles. The maximum absolute atomic E-state index is 2.53. The van der Waals surface area contributed by atoms with Crippen molar-refractivity contribution in [1.82, 2.24) is 0 Å². The summed E-state index contributed by atoms with van der Waals surface area (Å²) in [5.41, 5.74) is 7.18. The number of rotatable bonds is 3. The Morgan fingerprint density at radius 3 is 2.15 bits per heavy atom. The summed E-state index contributed by atoms with van der Waals surface area (Å²) < 4.78 is 0. The molecule has 0 radical (unpaired) electrons. The molecule has 0 N–H and O–H groups in total. The van der Waals surface area contributed by atoms with Gasteiger partial charge >= 0.3 is 0 Å². The first-order chi connectivity index (χ1) is 9.59. The summed E-state index contributed by atoms with van der Waals surface area (Å²) in [6.45, 7) is 9.11. The molecule has 0 saturated heterocycles. The molecule has 104 valence electrons. The van der Waals surface area contributed by atoms with E-state index < -0.39 is 0 Å². The first-order valence-corrected chi connectivity index (χ1v) is 7.58. The molecule has 0 atom stereocenters. The third kappa shape index (κ3) is 2.02. The Kier molecular flexibility index (Phi) is 3.29. The van der Waals surface area contributed by atoms with E-state index in [0.717, 1.165) is 6.42 Å². The zero-order valence-corrected chi connectivity index (χ0v) is 12.9. The monoisotopic (exact) mass is 265 g/mol. The zero-order valence-electron chi connectivity index (χ0n) is 12.9. The van der Waals surface area contributed by atoms with Crippen molar-refractivity contribution >= 4 is 5.69 Å². The summed E-state index contributed by atoms with van der Waals surface area (Å²) in [4.78, 5) is 2.53. The van der Waals surface area contributed by atoms with Gasteiger partial charge in [0.05, 0.1) is 0 Å². The fourth-order valence-corrected chi connectivity index (χ4v) is 3.54. The number of anilines is 1. The van der Waals surface area contributed by atoms with Crippen LogP contribution in [0.15, 0.2) is 42.5 Å². The Morgan fingerprint density at radius 2 is 1.45 bits per heavy atom. The normalized spacial score (nSPS) is 12.7. The molecular formula is C19H23N. The lowest BCUT2D eigenvalue weighted by atomic mass is 10.0. The van der Waals surface area contributed by atoms with Crippen LogP contribution in [-0.4, -0.2) is 12.1 Å². The van der Waals surface area contributed by atoms with E-state index in [2.05, 4.69) is 75.1 Å². The number of benzene rings is 2. The Hall–Kier alpha value is -1.76. The third-order valence-electron chi connectivity index (χ3n) is 4.19. The van der Waals surface area contributed by atoms with Gasteiger partial charge in [0, 0.05) is 23.3 Å². The topological polar surface area (TPSA) is 3.24 Å². The summed E-state index contributed by atoms with van der Waals surface area (Å²) in [5.74, 6) is 0. The van der Waals surface area contributed by atoms with Gasteiger partial charge in [-0.1, -0.05) is 36.4 Å². The van der Waals surface area contributed by atoms with Gasteiger partial charge < -0.3 is 4.90 Å². The number of hydrogen-bond donors (Lipinski definition) is 0. The molecule has 0 heterocycles. The van der Waals surface area contributed by atoms with Crippen LogP contribution in [-0.2, 0) is 6.42 Å². The first-order valence-electron chi connectivity index (χ1n) is 7.58. The average molecular weight is 265 g/mol. The van der Waals surface area contributed by atoms with Crippen molar-refractivity contribution in [2.45, 2.75) is 46.2 Å². The molecule has 3 rings (SSSR count). The highest BCUT2D eigenvalue weighted by Crippen LogP contribution is 2.43. The van der Waals surface area contributed by atoms with Crippen LogP contribution in [0.1, 0.15) is 38.8 Å². The second-order valence-electron chi connectivity index (χ2n) is 6.24. The second kappa shape index (κ2) is 4.97. The highest BCUT2D eigenvalue weighted by atomic mass is 15.2. The van der Waals surface area contributed by atoms with Gasteiger partial charge in [-0.2, -0.15) is 0 Å². The van der Waals surface area contributed by atoms with E-state index >= 15 is 0 Å². The van der Waals surface area contributed by atoms with Crippen LogP contribution in [0.5, 0.6) is 0 Å². The SMILES string of the molecule is CC(C)N(c1cccc2c1-c1ccccc1C2)C(C)C. The molecular weight excluding hydrogens is 242 g/mol. The van der Waals surface area contributed by atoms with Crippen LogP contribution in [0.3, 0.4) is 0 Å². The van der Waals surface area contributed by atoms with Crippen molar-refractivity contribution < 1.29 is 0 Å². The highest BCUT2D eigenvalue weighted by molar-refractivity contribution is 5.87. The molecule has 0 amide bonds. The van der Waals surface area contributed by atoms with Crippen LogP contribution >= 0.6 is 0 Å². The average Bonchev–Trinajstić information content (AvgIpc) is 2.77. The minimum Gasteiger partial charge on any atom is -0.366 e. The molecule has 20 heavy (non-hydrogen) atoms. The predicted octanol–water partition coefficient (Wildman–Crippen LogP) is 4.88. The third-order valence-corrected chi connectivity index (χ3v) is 4.19. The standard InChI is InChI=1S/C19H23N/c1-13(2)20(14(3)4)18-11-7-9-16-12-15-8-5-6-10-17(15)19(16)18/h5-11,13-14H,12H2,1-4H3. The van der Waals surface area contributed by atoms with Gasteiger partial charge in [0.15, 0.2) is 0 Å². The lowest BCUT2D eigenvalue weighted by molar-refractivity contribution is 0.608. The van der Waals surface area contributed by atoms with E-state index in [-0.39, 0.29) is 0 Å². The molecule has 2 aromatic carbocycles. The second-order valence-corrected chi connectivity index (χ2v) is 6.24. The molecule has 1 aliphatic rings. The van der Waals surface area contributed by atoms with Crippen molar-refractivity contribution in [3.63, 3.8) is 0 Å². The van der Waals surface area contributed by atoms with Crippen LogP contribution in [0.2, 0.25) is 0 Å². The molecule has 0 unspecified atom stereocenters. The molecule has 0 bridgehead atoms. The van der Waals surface area contributed by atoms with Gasteiger partial charge in [0.25, 0.3) is 0 Å². The van der Waals surface area contributed by atoms with Gasteiger partial charge in [0.1, 0.15) is 0 Å². The zero-order chi connectivity index (χ0) is 14.3. The molecule has 0 saturated carbocycles. The van der Waals surface area contributed by atoms with Crippen molar-refractivity contribution in [2.75, 3.05) is 4.90 Å². The molecule has 0 aromatic heterocycles. The smallest absolute Gasteiger partial charge is 0.0453 e. The quantitative estimate of drug-likeness (QED) is 0.652. The largest absolute Gasteiger partial charge is 0.366 e. The Labute approximate surface area is 122 Å². The fraction of sp³-hybridized carbons (Fsp3) is 0.368. The fourth-order valence-electron chi connectivity index (χ4n) is 3.54. The van der Waals surface area contributed by atoms with Gasteiger partial charge in [-0.3, -0.25) is 0 Å². The Morgan fingerprint density at radius 1 is 0.800 bits per heavy atom. The minimum atomic E-state index is 0.509. The lowest BCUT2D eigenvalue weighted by Crippen LogP contribution is -2.37. The van der Waals surface area contributed by atoms with E-state index in [0.29, 0.717) is 12.1 Å². The van der Waals surface area contributed by atoms with E-state index in [9.17, 15) is 0 Å². The van der Waals surface area contributed by atoms with Crippen molar-refractivity contribution in [2.24, 2.45) is 0 Å². The predicted molar refractivity (Wildman–Crippen MR) is 87.4 cm³/mol. The van der Waals surface area contributed by atoms with Gasteiger partial charge in [-0.25, -0.2) is 0 Å². The Balaban J connectivity index is 2.20. The Bertz CT molecular complexity index is 617. The maximum Gasteiger partial charge on any atom is 0.0453 e. The van der Waals surface area contributed by atoms with Crippen LogP contribution in [0.4, 0.5) is 5.69 Å². The van der Waals surface area contributed by atoms with Gasteiger partial charge in [0.2, 0.25) is 0 Å². The van der Waals surface area contributed by atoms with Crippen LogP contribution < -0.4 is 4.90 Å². The number of fused-ring (bicyclic) bond motifs is 3. The number of hydrogen-bond acceptors (Lipinski definition) is 1. The van der Waals surface area contributed by atoms with Crippen molar-refractivity contribution in [3.8, 4) is 11.1 Å². The van der Waals surface area contributed by atoms with Crippen LogP contribution in [0.25, 0.3) is 11.1 Å². The highest BCUT2D eigenvalue weighted by Gasteiger charge is 2.25. The molecule has 2 aromatic rings. The summed E-state index contributed by atoms with van der Waals surface area (Å²) in [5, 5.41) is 0. The van der Waals surface area contributed by atoms with E-state index in [1.807, 2.05) is 0 Å². The van der Waals surface area contributed by atoms with Gasteiger partial charge in [-0.05, 0) is 56.9 Å². The summed E-state index contributed by atoms with van der Waals surface area (Å²) in [7, 11) is 0. The molecule has 1 nitrogen and oxygen atoms in total. The molecule has 0 spiro atoms. The summed E-state index contributed by atoms with van der Waals surface area (Å²) in [6.07, 6.45) is 1.07. The van der Waals surface area contributed by atoms with E-state index in [1.54, 1.807) is 0 Å². The molecule has 0 fully saturated rings. The summed E-state index contributed by atoms with van der Waals surface area (Å²) >= 11 is 0. The number of nitrogens with zero attached hydrogens (tertiary/aromatic N) is 1. The van der Waals surface area contributed by atoms with Crippen molar-refractivity contribution in [1.29, 1.82) is 0 Å². The molecule has 1 heteroatoms. The van der Waals surface area contributed by atoms with Crippen molar-refractivity contribution in [3.05, 3.63) is 53.6 Å².